The number of likely N-dealkylation sites (N-methyl/N-ethyl adjacent to an activating group) is 1. The van der Waals surface area contributed by atoms with Gasteiger partial charge >= 0.3 is 0 Å². The summed E-state index contributed by atoms with van der Waals surface area (Å²) in [4.78, 5) is 25.0. The molecule has 0 radical (unpaired) electrons. The van der Waals surface area contributed by atoms with E-state index >= 15 is 0 Å². The van der Waals surface area contributed by atoms with E-state index in [1.807, 2.05) is 0 Å². The molecule has 0 aliphatic carbocycles. The smallest absolute Gasteiger partial charge is 0.212 e. The van der Waals surface area contributed by atoms with Crippen molar-refractivity contribution in [3.63, 3.8) is 0 Å². The topological polar surface area (TPSA) is 49.4 Å². The predicted octanol–water partition coefficient (Wildman–Crippen LogP) is 1.51. The Morgan fingerprint density at radius 3 is 2.94 bits per heavy atom. The number of nitrogens with one attached hydrogen (secondary N) is 1. The lowest BCUT2D eigenvalue weighted by Gasteiger charge is -2.25. The average molecular weight is 238 g/mol. The fourth-order valence-electron chi connectivity index (χ4n) is 2.04. The Morgan fingerprint density at radius 2 is 2.31 bits per heavy atom. The molecule has 0 fully saturated rings. The van der Waals surface area contributed by atoms with Crippen molar-refractivity contribution in [3.05, 3.63) is 16.0 Å². The van der Waals surface area contributed by atoms with Crippen molar-refractivity contribution in [2.24, 2.45) is 0 Å². The van der Waals surface area contributed by atoms with Gasteiger partial charge in [0.05, 0.1) is 5.56 Å². The van der Waals surface area contributed by atoms with Gasteiger partial charge < -0.3 is 5.32 Å². The standard InChI is InChI=1S/C11H14N2O2S/c1-2-13-4-3-8-9(6-14)11(12-7-15)16-10(8)5-13/h6-7H,2-5H2,1H3,(H,12,15). The maximum atomic E-state index is 11.0. The van der Waals surface area contributed by atoms with Crippen molar-refractivity contribution in [3.8, 4) is 0 Å². The number of amides is 1. The van der Waals surface area contributed by atoms with Gasteiger partial charge in [-0.3, -0.25) is 14.5 Å². The van der Waals surface area contributed by atoms with Crippen LogP contribution in [0, 0.1) is 0 Å². The van der Waals surface area contributed by atoms with Crippen LogP contribution in [-0.2, 0) is 17.8 Å². The van der Waals surface area contributed by atoms with E-state index in [9.17, 15) is 9.59 Å². The first-order chi connectivity index (χ1) is 7.80. The molecule has 0 saturated carbocycles. The number of carbonyl (C=O) groups excluding carboxylic acids is 2. The number of anilines is 1. The van der Waals surface area contributed by atoms with Crippen molar-refractivity contribution < 1.29 is 9.59 Å². The second kappa shape index (κ2) is 4.76. The number of carbonyl (C=O) groups is 2. The van der Waals surface area contributed by atoms with Crippen LogP contribution in [-0.4, -0.2) is 30.7 Å². The molecule has 4 nitrogen and oxygen atoms in total. The number of nitrogens with zero attached hydrogens (tertiary/aromatic N) is 1. The quantitative estimate of drug-likeness (QED) is 0.809. The van der Waals surface area contributed by atoms with Gasteiger partial charge in [0.2, 0.25) is 6.41 Å². The molecule has 0 aromatic carbocycles. The summed E-state index contributed by atoms with van der Waals surface area (Å²) in [6.07, 6.45) is 2.37. The van der Waals surface area contributed by atoms with Crippen LogP contribution < -0.4 is 5.32 Å². The molecule has 0 unspecified atom stereocenters. The Balaban J connectivity index is 2.35. The number of hydrogen-bond donors (Lipinski definition) is 1. The molecular weight excluding hydrogens is 224 g/mol. The molecule has 2 rings (SSSR count). The van der Waals surface area contributed by atoms with Gasteiger partial charge in [-0.1, -0.05) is 6.92 Å². The molecular formula is C11H14N2O2S. The molecule has 1 aromatic rings. The molecule has 0 spiro atoms. The van der Waals surface area contributed by atoms with Crippen LogP contribution in [0.3, 0.4) is 0 Å². The third-order valence-corrected chi connectivity index (χ3v) is 4.10. The second-order valence-corrected chi connectivity index (χ2v) is 4.85. The minimum Gasteiger partial charge on any atom is -0.320 e. The zero-order valence-electron chi connectivity index (χ0n) is 9.16. The summed E-state index contributed by atoms with van der Waals surface area (Å²) in [7, 11) is 0. The van der Waals surface area contributed by atoms with Crippen molar-refractivity contribution in [1.82, 2.24) is 4.90 Å². The molecule has 2 heterocycles. The highest BCUT2D eigenvalue weighted by Gasteiger charge is 2.23. The van der Waals surface area contributed by atoms with E-state index in [0.29, 0.717) is 17.0 Å². The summed E-state index contributed by atoms with van der Waals surface area (Å²) in [6, 6.07) is 0. The molecule has 5 heteroatoms. The number of hydrogen-bond acceptors (Lipinski definition) is 4. The first kappa shape index (κ1) is 11.3. The summed E-state index contributed by atoms with van der Waals surface area (Å²) in [5.41, 5.74) is 1.79. The summed E-state index contributed by atoms with van der Waals surface area (Å²) in [5.74, 6) is 0. The van der Waals surface area contributed by atoms with Crippen LogP contribution in [0.1, 0.15) is 27.7 Å². The van der Waals surface area contributed by atoms with E-state index in [-0.39, 0.29) is 0 Å². The van der Waals surface area contributed by atoms with Crippen molar-refractivity contribution in [2.45, 2.75) is 19.9 Å². The van der Waals surface area contributed by atoms with Crippen molar-refractivity contribution >= 4 is 29.0 Å². The normalized spacial score (nSPS) is 15.6. The van der Waals surface area contributed by atoms with E-state index in [4.69, 9.17) is 0 Å². The molecule has 1 aliphatic heterocycles. The van der Waals surface area contributed by atoms with Gasteiger partial charge in [0, 0.05) is 18.0 Å². The van der Waals surface area contributed by atoms with Crippen LogP contribution in [0.15, 0.2) is 0 Å². The third kappa shape index (κ3) is 1.88. The van der Waals surface area contributed by atoms with E-state index < -0.39 is 0 Å². The van der Waals surface area contributed by atoms with Crippen LogP contribution in [0.2, 0.25) is 0 Å². The number of rotatable bonds is 4. The molecule has 0 saturated heterocycles. The number of aldehydes is 1. The second-order valence-electron chi connectivity index (χ2n) is 3.75. The van der Waals surface area contributed by atoms with Crippen LogP contribution >= 0.6 is 11.3 Å². The van der Waals surface area contributed by atoms with Gasteiger partial charge in [-0.05, 0) is 18.5 Å². The lowest BCUT2D eigenvalue weighted by atomic mass is 10.0. The first-order valence-electron chi connectivity index (χ1n) is 5.32. The van der Waals surface area contributed by atoms with Crippen molar-refractivity contribution in [2.75, 3.05) is 18.4 Å². The Bertz CT molecular complexity index is 414. The van der Waals surface area contributed by atoms with Gasteiger partial charge in [-0.15, -0.1) is 11.3 Å². The molecule has 1 aromatic heterocycles. The van der Waals surface area contributed by atoms with E-state index in [0.717, 1.165) is 37.9 Å². The summed E-state index contributed by atoms with van der Waals surface area (Å²) >= 11 is 1.51. The molecule has 16 heavy (non-hydrogen) atoms. The number of thiophene rings is 1. The highest BCUT2D eigenvalue weighted by atomic mass is 32.1. The minimum absolute atomic E-state index is 0.627. The van der Waals surface area contributed by atoms with Crippen LogP contribution in [0.5, 0.6) is 0 Å². The molecule has 1 N–H and O–H groups in total. The average Bonchev–Trinajstić information content (AvgIpc) is 2.65. The monoisotopic (exact) mass is 238 g/mol. The summed E-state index contributed by atoms with van der Waals surface area (Å²) < 4.78 is 0. The van der Waals surface area contributed by atoms with Gasteiger partial charge in [-0.2, -0.15) is 0 Å². The van der Waals surface area contributed by atoms with E-state index in [1.165, 1.54) is 16.2 Å². The zero-order valence-corrected chi connectivity index (χ0v) is 9.97. The fourth-order valence-corrected chi connectivity index (χ4v) is 3.25. The lowest BCUT2D eigenvalue weighted by molar-refractivity contribution is -0.105. The number of fused-ring (bicyclic) bond motifs is 1. The Morgan fingerprint density at radius 1 is 1.50 bits per heavy atom. The SMILES string of the molecule is CCN1CCc2c(sc(NC=O)c2C=O)C1. The van der Waals surface area contributed by atoms with E-state index in [2.05, 4.69) is 17.1 Å². The lowest BCUT2D eigenvalue weighted by Crippen LogP contribution is -2.29. The Labute approximate surface area is 98.3 Å². The highest BCUT2D eigenvalue weighted by molar-refractivity contribution is 7.16. The Hall–Kier alpha value is -1.20. The molecule has 0 atom stereocenters. The largest absolute Gasteiger partial charge is 0.320 e. The van der Waals surface area contributed by atoms with Crippen LogP contribution in [0.25, 0.3) is 0 Å². The maximum Gasteiger partial charge on any atom is 0.212 e. The molecule has 0 bridgehead atoms. The zero-order chi connectivity index (χ0) is 11.5. The van der Waals surface area contributed by atoms with Gasteiger partial charge in [0.25, 0.3) is 0 Å². The van der Waals surface area contributed by atoms with Gasteiger partial charge in [-0.25, -0.2) is 0 Å². The molecule has 86 valence electrons. The third-order valence-electron chi connectivity index (χ3n) is 2.93. The fraction of sp³-hybridized carbons (Fsp3) is 0.455. The van der Waals surface area contributed by atoms with Crippen molar-refractivity contribution in [1.29, 1.82) is 0 Å². The maximum absolute atomic E-state index is 11.0. The van der Waals surface area contributed by atoms with Gasteiger partial charge in [0.15, 0.2) is 6.29 Å². The predicted molar refractivity (Wildman–Crippen MR) is 64.0 cm³/mol. The van der Waals surface area contributed by atoms with E-state index in [1.54, 1.807) is 0 Å². The summed E-state index contributed by atoms with van der Waals surface area (Å²) in [6.45, 7) is 5.02. The first-order valence-corrected chi connectivity index (χ1v) is 6.14. The molecule has 1 aliphatic rings. The summed E-state index contributed by atoms with van der Waals surface area (Å²) in [5, 5.41) is 3.29. The highest BCUT2D eigenvalue weighted by Crippen LogP contribution is 2.35. The Kier molecular flexibility index (Phi) is 3.36. The minimum atomic E-state index is 0.627. The molecule has 1 amide bonds. The van der Waals surface area contributed by atoms with Gasteiger partial charge in [0.1, 0.15) is 5.00 Å². The van der Waals surface area contributed by atoms with Crippen LogP contribution in [0.4, 0.5) is 5.00 Å².